The third-order valence-corrected chi connectivity index (χ3v) is 6.20. The molecule has 0 radical (unpaired) electrons. The quantitative estimate of drug-likeness (QED) is 0.668. The lowest BCUT2D eigenvalue weighted by molar-refractivity contribution is 0.0951. The van der Waals surface area contributed by atoms with Crippen molar-refractivity contribution in [1.29, 1.82) is 0 Å². The molecule has 1 aromatic carbocycles. The van der Waals surface area contributed by atoms with Crippen molar-refractivity contribution >= 4 is 15.9 Å². The van der Waals surface area contributed by atoms with Crippen LogP contribution in [0.4, 0.5) is 0 Å². The fraction of sp³-hybridized carbons (Fsp3) is 0.333. The Bertz CT molecular complexity index is 923. The van der Waals surface area contributed by atoms with E-state index in [1.54, 1.807) is 18.5 Å². The highest BCUT2D eigenvalue weighted by Crippen LogP contribution is 2.20. The standard InChI is InChI=1S/C21H25N3O3S/c25-21(23-16-18-7-4-13-22-15-18)19-8-10-20(11-9-19)28(26,27)24-14-12-17-5-2-1-3-6-17/h4-5,7-11,13,15,24H,1-3,6,12,14,16H2,(H,23,25). The van der Waals surface area contributed by atoms with Crippen LogP contribution in [0.5, 0.6) is 0 Å². The van der Waals surface area contributed by atoms with Gasteiger partial charge in [-0.25, -0.2) is 13.1 Å². The predicted octanol–water partition coefficient (Wildman–Crippen LogP) is 3.18. The van der Waals surface area contributed by atoms with Gasteiger partial charge in [-0.3, -0.25) is 9.78 Å². The van der Waals surface area contributed by atoms with Crippen LogP contribution in [0.3, 0.4) is 0 Å². The van der Waals surface area contributed by atoms with Crippen molar-refractivity contribution in [2.24, 2.45) is 0 Å². The van der Waals surface area contributed by atoms with Crippen LogP contribution in [0.2, 0.25) is 0 Å². The van der Waals surface area contributed by atoms with Crippen molar-refractivity contribution in [3.63, 3.8) is 0 Å². The lowest BCUT2D eigenvalue weighted by Crippen LogP contribution is -2.26. The molecule has 3 rings (SSSR count). The lowest BCUT2D eigenvalue weighted by Gasteiger charge is -2.13. The number of aromatic nitrogens is 1. The number of hydrogen-bond acceptors (Lipinski definition) is 4. The van der Waals surface area contributed by atoms with E-state index in [2.05, 4.69) is 21.1 Å². The first kappa shape index (κ1) is 20.2. The van der Waals surface area contributed by atoms with Crippen molar-refractivity contribution in [2.75, 3.05) is 6.54 Å². The van der Waals surface area contributed by atoms with Crippen molar-refractivity contribution < 1.29 is 13.2 Å². The molecule has 1 aliphatic carbocycles. The Hall–Kier alpha value is -2.51. The minimum Gasteiger partial charge on any atom is -0.348 e. The molecule has 0 aliphatic heterocycles. The third kappa shape index (κ3) is 5.74. The molecule has 1 aromatic heterocycles. The molecule has 0 spiro atoms. The van der Waals surface area contributed by atoms with Crippen molar-refractivity contribution in [3.05, 3.63) is 71.6 Å². The average molecular weight is 400 g/mol. The summed E-state index contributed by atoms with van der Waals surface area (Å²) in [6.45, 7) is 0.756. The first-order valence-corrected chi connectivity index (χ1v) is 11.0. The summed E-state index contributed by atoms with van der Waals surface area (Å²) in [6, 6.07) is 9.65. The summed E-state index contributed by atoms with van der Waals surface area (Å²) in [4.78, 5) is 16.4. The summed E-state index contributed by atoms with van der Waals surface area (Å²) in [7, 11) is -3.58. The number of pyridine rings is 1. The number of amides is 1. The van der Waals surface area contributed by atoms with Crippen LogP contribution in [0.1, 0.15) is 48.0 Å². The summed E-state index contributed by atoms with van der Waals surface area (Å²) in [5.41, 5.74) is 2.64. The van der Waals surface area contributed by atoms with Gasteiger partial charge in [0.15, 0.2) is 0 Å². The Morgan fingerprint density at radius 2 is 1.93 bits per heavy atom. The maximum atomic E-state index is 12.4. The van der Waals surface area contributed by atoms with Gasteiger partial charge < -0.3 is 5.32 Å². The van der Waals surface area contributed by atoms with Crippen molar-refractivity contribution in [2.45, 2.75) is 43.5 Å². The molecule has 0 saturated carbocycles. The Morgan fingerprint density at radius 3 is 2.61 bits per heavy atom. The second kappa shape index (κ2) is 9.61. The average Bonchev–Trinajstić information content (AvgIpc) is 2.73. The minimum atomic E-state index is -3.58. The van der Waals surface area contributed by atoms with Crippen LogP contribution in [0, 0.1) is 0 Å². The van der Waals surface area contributed by atoms with E-state index in [1.165, 1.54) is 42.7 Å². The van der Waals surface area contributed by atoms with Crippen LogP contribution in [0.25, 0.3) is 0 Å². The Balaban J connectivity index is 1.53. The summed E-state index contributed by atoms with van der Waals surface area (Å²) in [5.74, 6) is -0.259. The summed E-state index contributed by atoms with van der Waals surface area (Å²) in [5, 5.41) is 2.79. The normalized spacial score (nSPS) is 14.4. The second-order valence-electron chi connectivity index (χ2n) is 6.82. The highest BCUT2D eigenvalue weighted by Gasteiger charge is 2.15. The van der Waals surface area contributed by atoms with E-state index in [9.17, 15) is 13.2 Å². The fourth-order valence-corrected chi connectivity index (χ4v) is 4.17. The number of nitrogens with zero attached hydrogens (tertiary/aromatic N) is 1. The van der Waals surface area contributed by atoms with Gasteiger partial charge in [0, 0.05) is 31.0 Å². The maximum absolute atomic E-state index is 12.4. The molecule has 28 heavy (non-hydrogen) atoms. The van der Waals surface area contributed by atoms with E-state index in [-0.39, 0.29) is 10.8 Å². The van der Waals surface area contributed by atoms with Crippen LogP contribution in [-0.2, 0) is 16.6 Å². The van der Waals surface area contributed by atoms with Gasteiger partial charge in [-0.05, 0) is 68.0 Å². The Labute approximate surface area is 166 Å². The fourth-order valence-electron chi connectivity index (χ4n) is 3.13. The van der Waals surface area contributed by atoms with Gasteiger partial charge in [0.1, 0.15) is 0 Å². The van der Waals surface area contributed by atoms with Gasteiger partial charge in [0.05, 0.1) is 4.90 Å². The van der Waals surface area contributed by atoms with Crippen LogP contribution < -0.4 is 10.0 Å². The van der Waals surface area contributed by atoms with Gasteiger partial charge in [0.2, 0.25) is 10.0 Å². The Morgan fingerprint density at radius 1 is 1.11 bits per heavy atom. The molecule has 1 amide bonds. The number of hydrogen-bond donors (Lipinski definition) is 2. The number of rotatable bonds is 8. The number of carbonyl (C=O) groups excluding carboxylic acids is 1. The maximum Gasteiger partial charge on any atom is 0.251 e. The third-order valence-electron chi connectivity index (χ3n) is 4.73. The molecule has 0 fully saturated rings. The molecular formula is C21H25N3O3S. The molecule has 7 heteroatoms. The highest BCUT2D eigenvalue weighted by atomic mass is 32.2. The summed E-state index contributed by atoms with van der Waals surface area (Å²) >= 11 is 0. The van der Waals surface area contributed by atoms with Crippen molar-refractivity contribution in [1.82, 2.24) is 15.0 Å². The zero-order chi connectivity index (χ0) is 19.8. The lowest BCUT2D eigenvalue weighted by atomic mass is 9.97. The first-order valence-electron chi connectivity index (χ1n) is 9.49. The molecule has 2 aromatic rings. The first-order chi connectivity index (χ1) is 13.5. The van der Waals surface area contributed by atoms with Crippen LogP contribution in [0.15, 0.2) is 65.3 Å². The van der Waals surface area contributed by atoms with E-state index >= 15 is 0 Å². The predicted molar refractivity (Wildman–Crippen MR) is 108 cm³/mol. The number of benzene rings is 1. The number of sulfonamides is 1. The van der Waals surface area contributed by atoms with E-state index < -0.39 is 10.0 Å². The SMILES string of the molecule is O=C(NCc1cccnc1)c1ccc(S(=O)(=O)NCCC2=CCCCC2)cc1. The molecule has 1 heterocycles. The van der Waals surface area contributed by atoms with Gasteiger partial charge in [-0.1, -0.05) is 17.7 Å². The molecule has 0 saturated heterocycles. The van der Waals surface area contributed by atoms with Gasteiger partial charge in [-0.2, -0.15) is 0 Å². The molecule has 148 valence electrons. The smallest absolute Gasteiger partial charge is 0.251 e. The topological polar surface area (TPSA) is 88.2 Å². The monoisotopic (exact) mass is 399 g/mol. The van der Waals surface area contributed by atoms with Crippen molar-refractivity contribution in [3.8, 4) is 0 Å². The summed E-state index contributed by atoms with van der Waals surface area (Å²) in [6.07, 6.45) is 10.9. The molecular weight excluding hydrogens is 374 g/mol. The van der Waals surface area contributed by atoms with Gasteiger partial charge >= 0.3 is 0 Å². The van der Waals surface area contributed by atoms with E-state index in [0.29, 0.717) is 18.7 Å². The van der Waals surface area contributed by atoms with Gasteiger partial charge in [-0.15, -0.1) is 0 Å². The van der Waals surface area contributed by atoms with E-state index in [0.717, 1.165) is 24.8 Å². The van der Waals surface area contributed by atoms with E-state index in [1.807, 2.05) is 6.07 Å². The number of nitrogens with one attached hydrogen (secondary N) is 2. The highest BCUT2D eigenvalue weighted by molar-refractivity contribution is 7.89. The molecule has 1 aliphatic rings. The summed E-state index contributed by atoms with van der Waals surface area (Å²) < 4.78 is 27.5. The van der Waals surface area contributed by atoms with Crippen LogP contribution >= 0.6 is 0 Å². The zero-order valence-electron chi connectivity index (χ0n) is 15.7. The molecule has 6 nitrogen and oxygen atoms in total. The minimum absolute atomic E-state index is 0.161. The number of allylic oxidation sites excluding steroid dienone is 1. The largest absolute Gasteiger partial charge is 0.348 e. The van der Waals surface area contributed by atoms with Gasteiger partial charge in [0.25, 0.3) is 5.91 Å². The zero-order valence-corrected chi connectivity index (χ0v) is 16.5. The Kier molecular flexibility index (Phi) is 6.95. The molecule has 2 N–H and O–H groups in total. The number of carbonyl (C=O) groups is 1. The molecule has 0 bridgehead atoms. The molecule has 0 atom stereocenters. The molecule has 0 unspecified atom stereocenters. The second-order valence-corrected chi connectivity index (χ2v) is 8.59. The van der Waals surface area contributed by atoms with Crippen LogP contribution in [-0.4, -0.2) is 25.9 Å². The van der Waals surface area contributed by atoms with E-state index in [4.69, 9.17) is 0 Å².